The molecule has 0 spiro atoms. The summed E-state index contributed by atoms with van der Waals surface area (Å²) in [5.41, 5.74) is 0.686. The molecule has 1 aromatic carbocycles. The Bertz CT molecular complexity index is 508. The Hall–Kier alpha value is -1.49. The quantitative estimate of drug-likeness (QED) is 0.620. The molecule has 0 atom stereocenters. The number of halogens is 1. The molecule has 76 valence electrons. The number of fused-ring (bicyclic) bond motifs is 1. The number of hydrogen-bond donors (Lipinski definition) is 1. The number of imide groups is 1. The van der Waals surface area contributed by atoms with Crippen molar-refractivity contribution in [2.45, 2.75) is 6.92 Å². The first-order chi connectivity index (χ1) is 7.02. The Morgan fingerprint density at radius 3 is 2.40 bits per heavy atom. The predicted molar refractivity (Wildman–Crippen MR) is 55.9 cm³/mol. The van der Waals surface area contributed by atoms with Crippen molar-refractivity contribution in [3.8, 4) is 0 Å². The van der Waals surface area contributed by atoms with E-state index in [4.69, 9.17) is 0 Å². The van der Waals surface area contributed by atoms with Gasteiger partial charge in [0.1, 0.15) is 0 Å². The lowest BCUT2D eigenvalue weighted by atomic mass is 10.0. The molecule has 2 amide bonds. The fourth-order valence-electron chi connectivity index (χ4n) is 1.56. The van der Waals surface area contributed by atoms with Crippen molar-refractivity contribution in [3.63, 3.8) is 0 Å². The fraction of sp³-hybridized carbons (Fsp3) is 0.100. The maximum Gasteiger partial charge on any atom is 0.260 e. The lowest BCUT2D eigenvalue weighted by molar-refractivity contribution is 0.0875. The standard InChI is InChI=1S/C10H6BrNO3/c1-4(13)5-2-3-6(11)8-7(5)9(14)12-10(8)15/h2-3H,1H3,(H,12,14,15). The Morgan fingerprint density at radius 2 is 1.80 bits per heavy atom. The second-order valence-electron chi connectivity index (χ2n) is 3.18. The minimum atomic E-state index is -0.512. The number of carbonyl (C=O) groups excluding carboxylic acids is 3. The maximum absolute atomic E-state index is 11.4. The summed E-state index contributed by atoms with van der Waals surface area (Å²) in [6.45, 7) is 1.36. The summed E-state index contributed by atoms with van der Waals surface area (Å²) in [5, 5.41) is 2.16. The Labute approximate surface area is 93.8 Å². The fourth-order valence-corrected chi connectivity index (χ4v) is 2.07. The third-order valence-corrected chi connectivity index (χ3v) is 2.88. The normalized spacial score (nSPS) is 13.7. The van der Waals surface area contributed by atoms with Crippen LogP contribution in [0.3, 0.4) is 0 Å². The second kappa shape index (κ2) is 3.27. The number of ketones is 1. The Balaban J connectivity index is 2.81. The highest BCUT2D eigenvalue weighted by atomic mass is 79.9. The molecule has 0 saturated heterocycles. The van der Waals surface area contributed by atoms with Gasteiger partial charge >= 0.3 is 0 Å². The summed E-state index contributed by atoms with van der Waals surface area (Å²) in [6, 6.07) is 3.12. The average Bonchev–Trinajstić information content (AvgIpc) is 2.43. The van der Waals surface area contributed by atoms with Crippen molar-refractivity contribution < 1.29 is 14.4 Å². The first-order valence-electron chi connectivity index (χ1n) is 4.21. The van der Waals surface area contributed by atoms with Crippen LogP contribution in [0.5, 0.6) is 0 Å². The number of nitrogens with one attached hydrogen (secondary N) is 1. The molecule has 0 aliphatic carbocycles. The highest BCUT2D eigenvalue weighted by Crippen LogP contribution is 2.27. The predicted octanol–water partition coefficient (Wildman–Crippen LogP) is 1.54. The van der Waals surface area contributed by atoms with Gasteiger partial charge in [0.15, 0.2) is 5.78 Å². The van der Waals surface area contributed by atoms with Crippen molar-refractivity contribution in [2.75, 3.05) is 0 Å². The molecule has 1 N–H and O–H groups in total. The zero-order valence-corrected chi connectivity index (χ0v) is 9.34. The molecule has 0 fully saturated rings. The number of hydrogen-bond acceptors (Lipinski definition) is 3. The topological polar surface area (TPSA) is 63.2 Å². The monoisotopic (exact) mass is 267 g/mol. The molecule has 1 heterocycles. The van der Waals surface area contributed by atoms with E-state index in [2.05, 4.69) is 21.2 Å². The van der Waals surface area contributed by atoms with Crippen molar-refractivity contribution in [1.29, 1.82) is 0 Å². The molecule has 5 heteroatoms. The third kappa shape index (κ3) is 1.39. The highest BCUT2D eigenvalue weighted by Gasteiger charge is 2.32. The van der Waals surface area contributed by atoms with E-state index in [1.807, 2.05) is 0 Å². The number of carbonyl (C=O) groups is 3. The van der Waals surface area contributed by atoms with Crippen LogP contribution in [-0.2, 0) is 0 Å². The van der Waals surface area contributed by atoms with Gasteiger partial charge < -0.3 is 0 Å². The van der Waals surface area contributed by atoms with Gasteiger partial charge in [-0.25, -0.2) is 0 Å². The summed E-state index contributed by atoms with van der Waals surface area (Å²) in [5.74, 6) is -1.21. The molecule has 1 aliphatic rings. The Kier molecular flexibility index (Phi) is 2.19. The summed E-state index contributed by atoms with van der Waals surface area (Å²) >= 11 is 3.17. The van der Waals surface area contributed by atoms with E-state index in [1.165, 1.54) is 13.0 Å². The number of benzene rings is 1. The van der Waals surface area contributed by atoms with Crippen molar-refractivity contribution in [3.05, 3.63) is 33.3 Å². The molecule has 4 nitrogen and oxygen atoms in total. The van der Waals surface area contributed by atoms with Gasteiger partial charge in [-0.2, -0.15) is 0 Å². The molecule has 0 radical (unpaired) electrons. The van der Waals surface area contributed by atoms with Gasteiger partial charge in [-0.15, -0.1) is 0 Å². The summed E-state index contributed by atoms with van der Waals surface area (Å²) in [7, 11) is 0. The zero-order chi connectivity index (χ0) is 11.2. The van der Waals surface area contributed by atoms with E-state index in [-0.39, 0.29) is 22.5 Å². The molecule has 0 unspecified atom stereocenters. The van der Waals surface area contributed by atoms with Gasteiger partial charge in [0.2, 0.25) is 0 Å². The van der Waals surface area contributed by atoms with Crippen LogP contribution in [0.4, 0.5) is 0 Å². The van der Waals surface area contributed by atoms with Crippen LogP contribution in [0.1, 0.15) is 38.0 Å². The first kappa shape index (κ1) is 10.0. The van der Waals surface area contributed by atoms with Gasteiger partial charge in [0, 0.05) is 10.0 Å². The molecule has 0 bridgehead atoms. The summed E-state index contributed by atoms with van der Waals surface area (Å²) in [4.78, 5) is 34.1. The van der Waals surface area contributed by atoms with Crippen LogP contribution >= 0.6 is 15.9 Å². The largest absolute Gasteiger partial charge is 0.294 e. The van der Waals surface area contributed by atoms with Crippen molar-refractivity contribution >= 4 is 33.5 Å². The summed E-state index contributed by atoms with van der Waals surface area (Å²) in [6.07, 6.45) is 0. The maximum atomic E-state index is 11.4. The lowest BCUT2D eigenvalue weighted by Crippen LogP contribution is -2.20. The van der Waals surface area contributed by atoms with Crippen LogP contribution < -0.4 is 5.32 Å². The molecule has 2 rings (SSSR count). The smallest absolute Gasteiger partial charge is 0.260 e. The number of rotatable bonds is 1. The number of Topliss-reactive ketones (excluding diaryl/α,β-unsaturated/α-hetero) is 1. The molecule has 1 aliphatic heterocycles. The van der Waals surface area contributed by atoms with Gasteiger partial charge in [-0.05, 0) is 35.0 Å². The van der Waals surface area contributed by atoms with Crippen LogP contribution in [0.25, 0.3) is 0 Å². The molecule has 0 saturated carbocycles. The van der Waals surface area contributed by atoms with E-state index in [0.29, 0.717) is 4.47 Å². The lowest BCUT2D eigenvalue weighted by Gasteiger charge is -2.02. The number of amides is 2. The summed E-state index contributed by atoms with van der Waals surface area (Å²) < 4.78 is 0.519. The van der Waals surface area contributed by atoms with Gasteiger partial charge in [0.05, 0.1) is 11.1 Å². The van der Waals surface area contributed by atoms with Gasteiger partial charge in [-0.3, -0.25) is 19.7 Å². The minimum absolute atomic E-state index is 0.168. The first-order valence-corrected chi connectivity index (χ1v) is 5.01. The van der Waals surface area contributed by atoms with Crippen LogP contribution in [0.2, 0.25) is 0 Å². The molecule has 0 aromatic heterocycles. The Morgan fingerprint density at radius 1 is 1.20 bits per heavy atom. The van der Waals surface area contributed by atoms with E-state index in [0.717, 1.165) is 0 Å². The van der Waals surface area contributed by atoms with Crippen molar-refractivity contribution in [1.82, 2.24) is 5.32 Å². The van der Waals surface area contributed by atoms with Crippen LogP contribution in [-0.4, -0.2) is 17.6 Å². The SMILES string of the molecule is CC(=O)c1ccc(Br)c2c1C(=O)NC2=O. The van der Waals surface area contributed by atoms with E-state index < -0.39 is 11.8 Å². The van der Waals surface area contributed by atoms with E-state index >= 15 is 0 Å². The molecule has 15 heavy (non-hydrogen) atoms. The highest BCUT2D eigenvalue weighted by molar-refractivity contribution is 9.10. The molecular weight excluding hydrogens is 262 g/mol. The molecule has 1 aromatic rings. The van der Waals surface area contributed by atoms with E-state index in [9.17, 15) is 14.4 Å². The van der Waals surface area contributed by atoms with Crippen LogP contribution in [0, 0.1) is 0 Å². The second-order valence-corrected chi connectivity index (χ2v) is 4.04. The zero-order valence-electron chi connectivity index (χ0n) is 7.76. The van der Waals surface area contributed by atoms with E-state index in [1.54, 1.807) is 6.07 Å². The average molecular weight is 268 g/mol. The molecular formula is C10H6BrNO3. The van der Waals surface area contributed by atoms with Crippen molar-refractivity contribution in [2.24, 2.45) is 0 Å². The van der Waals surface area contributed by atoms with Gasteiger partial charge in [-0.1, -0.05) is 0 Å². The van der Waals surface area contributed by atoms with Crippen LogP contribution in [0.15, 0.2) is 16.6 Å². The van der Waals surface area contributed by atoms with Gasteiger partial charge in [0.25, 0.3) is 11.8 Å². The minimum Gasteiger partial charge on any atom is -0.294 e. The third-order valence-electron chi connectivity index (χ3n) is 2.21.